The van der Waals surface area contributed by atoms with E-state index in [1.165, 1.54) is 6.07 Å². The highest BCUT2D eigenvalue weighted by atomic mass is 32.2. The van der Waals surface area contributed by atoms with Gasteiger partial charge in [0.2, 0.25) is 27.7 Å². The lowest BCUT2D eigenvalue weighted by atomic mass is 10.0. The Bertz CT molecular complexity index is 1170. The van der Waals surface area contributed by atoms with Crippen LogP contribution in [0.1, 0.15) is 40.0 Å². The van der Waals surface area contributed by atoms with Crippen LogP contribution in [0.25, 0.3) is 0 Å². The minimum Gasteiger partial charge on any atom is -0.382 e. The molecule has 2 heterocycles. The lowest BCUT2D eigenvalue weighted by molar-refractivity contribution is -0.136. The smallest absolute Gasteiger partial charge is 0.264 e. The number of rotatable bonds is 14. The molecule has 37 heavy (non-hydrogen) atoms. The molecule has 1 unspecified atom stereocenters. The van der Waals surface area contributed by atoms with Crippen LogP contribution in [0.5, 0.6) is 0 Å². The molecule has 2 aliphatic rings. The fraction of sp³-hybridized carbons (Fsp3) is 0.500. The molecule has 0 spiro atoms. The monoisotopic (exact) mass is 539 g/mol. The third-order valence-electron chi connectivity index (χ3n) is 5.58. The molecule has 0 aromatic heterocycles. The number of benzene rings is 1. The van der Waals surface area contributed by atoms with Crippen LogP contribution in [0, 0.1) is 0 Å². The standard InChI is InChI=1S/C22H29N5O9S/c23-37(33,34)13-8-25-17(28)6-9-35-11-12-36-10-7-24-15-3-1-2-14-19(15)22(32)27(21(14)31)16-4-5-18(29)26-20(16)30/h1-3,16,24H,4-13H2,(H,25,28)(H2,23,33,34)(H,26,29,30). The number of piperidine rings is 1. The summed E-state index contributed by atoms with van der Waals surface area (Å²) in [4.78, 5) is 62.0. The van der Waals surface area contributed by atoms with Gasteiger partial charge >= 0.3 is 0 Å². The number of sulfonamides is 1. The Balaban J connectivity index is 1.36. The van der Waals surface area contributed by atoms with Gasteiger partial charge in [0.15, 0.2) is 0 Å². The van der Waals surface area contributed by atoms with Crippen molar-refractivity contribution in [1.82, 2.24) is 15.5 Å². The molecule has 14 nitrogen and oxygen atoms in total. The Labute approximate surface area is 213 Å². The predicted octanol–water partition coefficient (Wildman–Crippen LogP) is -1.67. The van der Waals surface area contributed by atoms with Crippen molar-refractivity contribution in [2.75, 3.05) is 50.6 Å². The zero-order valence-corrected chi connectivity index (χ0v) is 20.8. The zero-order valence-electron chi connectivity index (χ0n) is 20.0. The van der Waals surface area contributed by atoms with Crippen molar-refractivity contribution in [1.29, 1.82) is 0 Å². The third kappa shape index (κ3) is 7.79. The quantitative estimate of drug-likeness (QED) is 0.156. The predicted molar refractivity (Wildman–Crippen MR) is 129 cm³/mol. The topological polar surface area (TPSA) is 203 Å². The third-order valence-corrected chi connectivity index (χ3v) is 6.36. The number of primary sulfonamides is 1. The number of amides is 5. The maximum Gasteiger partial charge on any atom is 0.264 e. The molecule has 2 aliphatic heterocycles. The van der Waals surface area contributed by atoms with Crippen LogP contribution in [-0.2, 0) is 33.9 Å². The highest BCUT2D eigenvalue weighted by Gasteiger charge is 2.45. The van der Waals surface area contributed by atoms with E-state index in [0.717, 1.165) is 4.90 Å². The van der Waals surface area contributed by atoms with Crippen LogP contribution in [0.15, 0.2) is 18.2 Å². The van der Waals surface area contributed by atoms with E-state index in [2.05, 4.69) is 16.0 Å². The average Bonchev–Trinajstić information content (AvgIpc) is 3.08. The van der Waals surface area contributed by atoms with E-state index < -0.39 is 39.7 Å². The fourth-order valence-electron chi connectivity index (χ4n) is 3.83. The lowest BCUT2D eigenvalue weighted by Crippen LogP contribution is -2.54. The first-order chi connectivity index (χ1) is 17.6. The Morgan fingerprint density at radius 3 is 2.49 bits per heavy atom. The van der Waals surface area contributed by atoms with E-state index in [4.69, 9.17) is 14.6 Å². The van der Waals surface area contributed by atoms with Crippen molar-refractivity contribution < 1.29 is 41.9 Å². The van der Waals surface area contributed by atoms with Gasteiger partial charge in [0, 0.05) is 31.6 Å². The van der Waals surface area contributed by atoms with Gasteiger partial charge in [-0.05, 0) is 18.6 Å². The van der Waals surface area contributed by atoms with Crippen LogP contribution < -0.4 is 21.1 Å². The van der Waals surface area contributed by atoms with Gasteiger partial charge in [0.1, 0.15) is 6.04 Å². The van der Waals surface area contributed by atoms with Crippen LogP contribution >= 0.6 is 0 Å². The van der Waals surface area contributed by atoms with Crippen molar-refractivity contribution in [3.8, 4) is 0 Å². The fourth-order valence-corrected chi connectivity index (χ4v) is 4.21. The highest BCUT2D eigenvalue weighted by Crippen LogP contribution is 2.32. The van der Waals surface area contributed by atoms with Crippen molar-refractivity contribution >= 4 is 45.2 Å². The van der Waals surface area contributed by atoms with E-state index in [1.54, 1.807) is 12.1 Å². The molecule has 202 valence electrons. The van der Waals surface area contributed by atoms with Crippen molar-refractivity contribution in [2.45, 2.75) is 25.3 Å². The largest absolute Gasteiger partial charge is 0.382 e. The lowest BCUT2D eigenvalue weighted by Gasteiger charge is -2.27. The summed E-state index contributed by atoms with van der Waals surface area (Å²) >= 11 is 0. The first-order valence-electron chi connectivity index (χ1n) is 11.6. The van der Waals surface area contributed by atoms with E-state index in [-0.39, 0.29) is 75.0 Å². The summed E-state index contributed by atoms with van der Waals surface area (Å²) in [5.41, 5.74) is 0.782. The second kappa shape index (κ2) is 12.7. The van der Waals surface area contributed by atoms with Gasteiger partial charge in [-0.1, -0.05) is 6.07 Å². The van der Waals surface area contributed by atoms with Crippen LogP contribution in [0.2, 0.25) is 0 Å². The Morgan fingerprint density at radius 2 is 1.78 bits per heavy atom. The summed E-state index contributed by atoms with van der Waals surface area (Å²) in [6.45, 7) is 1.15. The van der Waals surface area contributed by atoms with E-state index in [0.29, 0.717) is 12.2 Å². The Kier molecular flexibility index (Phi) is 9.68. The molecule has 1 fully saturated rings. The maximum atomic E-state index is 13.0. The summed E-state index contributed by atoms with van der Waals surface area (Å²) in [5.74, 6) is -2.97. The molecule has 5 amide bonds. The van der Waals surface area contributed by atoms with Gasteiger partial charge in [-0.15, -0.1) is 0 Å². The molecule has 0 saturated carbocycles. The SMILES string of the molecule is NS(=O)(=O)CCNC(=O)CCOCCOCCNc1cccc2c1C(=O)N(C1CCC(=O)NC1=O)C2=O. The zero-order chi connectivity index (χ0) is 27.0. The summed E-state index contributed by atoms with van der Waals surface area (Å²) in [6.07, 6.45) is 0.191. The van der Waals surface area contributed by atoms with Gasteiger partial charge < -0.3 is 20.1 Å². The number of fused-ring (bicyclic) bond motifs is 1. The molecule has 3 rings (SSSR count). The van der Waals surface area contributed by atoms with Crippen LogP contribution in [-0.4, -0.2) is 94.2 Å². The van der Waals surface area contributed by atoms with E-state index in [9.17, 15) is 32.4 Å². The second-order valence-corrected chi connectivity index (χ2v) is 10.0. The molecule has 1 aromatic rings. The summed E-state index contributed by atoms with van der Waals surface area (Å²) in [7, 11) is -3.62. The highest BCUT2D eigenvalue weighted by molar-refractivity contribution is 7.89. The number of anilines is 1. The number of nitrogens with zero attached hydrogens (tertiary/aromatic N) is 1. The summed E-state index contributed by atoms with van der Waals surface area (Å²) < 4.78 is 32.4. The maximum absolute atomic E-state index is 13.0. The first-order valence-corrected chi connectivity index (χ1v) is 13.3. The Hall–Kier alpha value is -3.40. The molecule has 5 N–H and O–H groups in total. The molecular formula is C22H29N5O9S. The van der Waals surface area contributed by atoms with E-state index >= 15 is 0 Å². The van der Waals surface area contributed by atoms with Gasteiger partial charge in [-0.25, -0.2) is 13.6 Å². The second-order valence-electron chi connectivity index (χ2n) is 8.29. The van der Waals surface area contributed by atoms with Gasteiger partial charge in [-0.2, -0.15) is 0 Å². The number of imide groups is 2. The van der Waals surface area contributed by atoms with Crippen LogP contribution in [0.3, 0.4) is 0 Å². The summed E-state index contributed by atoms with van der Waals surface area (Å²) in [5, 5.41) is 12.5. The number of nitrogens with one attached hydrogen (secondary N) is 3. The van der Waals surface area contributed by atoms with Gasteiger partial charge in [0.25, 0.3) is 11.8 Å². The number of ether oxygens (including phenoxy) is 2. The minimum absolute atomic E-state index is 0.0460. The number of hydrogen-bond donors (Lipinski definition) is 4. The number of carbonyl (C=O) groups is 5. The average molecular weight is 540 g/mol. The molecule has 15 heteroatoms. The first kappa shape index (κ1) is 28.2. The van der Waals surface area contributed by atoms with Gasteiger partial charge in [0.05, 0.1) is 43.3 Å². The van der Waals surface area contributed by atoms with Crippen molar-refractivity contribution in [3.63, 3.8) is 0 Å². The normalized spacial score (nSPS) is 17.5. The molecular weight excluding hydrogens is 510 g/mol. The molecule has 1 atom stereocenters. The van der Waals surface area contributed by atoms with E-state index in [1.807, 2.05) is 0 Å². The number of hydrogen-bond acceptors (Lipinski definition) is 10. The Morgan fingerprint density at radius 1 is 1.05 bits per heavy atom. The molecule has 1 saturated heterocycles. The van der Waals surface area contributed by atoms with Crippen LogP contribution in [0.4, 0.5) is 5.69 Å². The van der Waals surface area contributed by atoms with Gasteiger partial charge in [-0.3, -0.25) is 34.2 Å². The minimum atomic E-state index is -3.62. The molecule has 0 bridgehead atoms. The molecule has 0 aliphatic carbocycles. The van der Waals surface area contributed by atoms with Crippen molar-refractivity contribution in [2.24, 2.45) is 5.14 Å². The molecule has 1 aromatic carbocycles. The van der Waals surface area contributed by atoms with Crippen molar-refractivity contribution in [3.05, 3.63) is 29.3 Å². The summed E-state index contributed by atoms with van der Waals surface area (Å²) in [6, 6.07) is 3.75. The number of carbonyl (C=O) groups excluding carboxylic acids is 5. The number of nitrogens with two attached hydrogens (primary N) is 1. The molecule has 0 radical (unpaired) electrons.